The summed E-state index contributed by atoms with van der Waals surface area (Å²) in [6.07, 6.45) is 6.84. The molecule has 3 rings (SSSR count). The maximum Gasteiger partial charge on any atom is 0.162 e. The first-order chi connectivity index (χ1) is 9.27. The third-order valence-electron chi connectivity index (χ3n) is 4.13. The molecule has 0 amide bonds. The SMILES string of the molecule is CCOC1(c2nc(NN)cc(C3CC3)n2)CCCC1. The Kier molecular flexibility index (Phi) is 3.41. The van der Waals surface area contributed by atoms with Gasteiger partial charge in [0.2, 0.25) is 0 Å². The second-order valence-corrected chi connectivity index (χ2v) is 5.55. The molecule has 5 nitrogen and oxygen atoms in total. The van der Waals surface area contributed by atoms with E-state index in [-0.39, 0.29) is 5.60 Å². The number of nitrogens with zero attached hydrogens (tertiary/aromatic N) is 2. The summed E-state index contributed by atoms with van der Waals surface area (Å²) in [7, 11) is 0. The van der Waals surface area contributed by atoms with Crippen LogP contribution in [0.2, 0.25) is 0 Å². The van der Waals surface area contributed by atoms with Gasteiger partial charge in [0, 0.05) is 24.3 Å². The maximum absolute atomic E-state index is 6.04. The molecule has 0 bridgehead atoms. The number of hydrogen-bond acceptors (Lipinski definition) is 5. The Morgan fingerprint density at radius 3 is 2.68 bits per heavy atom. The molecule has 0 aromatic carbocycles. The fourth-order valence-corrected chi connectivity index (χ4v) is 2.99. The van der Waals surface area contributed by atoms with Gasteiger partial charge in [-0.1, -0.05) is 0 Å². The lowest BCUT2D eigenvalue weighted by molar-refractivity contribution is -0.0457. The highest BCUT2D eigenvalue weighted by Crippen LogP contribution is 2.44. The number of nitrogen functional groups attached to an aromatic ring is 1. The number of ether oxygens (including phenoxy) is 1. The van der Waals surface area contributed by atoms with Crippen molar-refractivity contribution in [1.29, 1.82) is 0 Å². The van der Waals surface area contributed by atoms with Gasteiger partial charge in [0.15, 0.2) is 5.82 Å². The number of nitrogens with two attached hydrogens (primary N) is 1. The fraction of sp³-hybridized carbons (Fsp3) is 0.714. The summed E-state index contributed by atoms with van der Waals surface area (Å²) < 4.78 is 6.04. The van der Waals surface area contributed by atoms with Crippen LogP contribution >= 0.6 is 0 Å². The molecule has 0 spiro atoms. The Morgan fingerprint density at radius 2 is 2.11 bits per heavy atom. The third kappa shape index (κ3) is 2.44. The fourth-order valence-electron chi connectivity index (χ4n) is 2.99. The Bertz CT molecular complexity index is 453. The zero-order chi connectivity index (χ0) is 13.3. The minimum atomic E-state index is -0.286. The van der Waals surface area contributed by atoms with Crippen LogP contribution in [0.25, 0.3) is 0 Å². The monoisotopic (exact) mass is 262 g/mol. The molecule has 0 atom stereocenters. The third-order valence-corrected chi connectivity index (χ3v) is 4.13. The highest BCUT2D eigenvalue weighted by Gasteiger charge is 2.40. The smallest absolute Gasteiger partial charge is 0.162 e. The van der Waals surface area contributed by atoms with Crippen LogP contribution < -0.4 is 11.3 Å². The van der Waals surface area contributed by atoms with Crippen molar-refractivity contribution in [2.75, 3.05) is 12.0 Å². The van der Waals surface area contributed by atoms with Gasteiger partial charge < -0.3 is 10.2 Å². The van der Waals surface area contributed by atoms with Crippen molar-refractivity contribution in [3.8, 4) is 0 Å². The Balaban J connectivity index is 1.99. The lowest BCUT2D eigenvalue weighted by Crippen LogP contribution is -2.30. The summed E-state index contributed by atoms with van der Waals surface area (Å²) in [6.45, 7) is 2.73. The summed E-state index contributed by atoms with van der Waals surface area (Å²) >= 11 is 0. The lowest BCUT2D eigenvalue weighted by Gasteiger charge is -2.28. The molecule has 2 aliphatic rings. The number of aromatic nitrogens is 2. The summed E-state index contributed by atoms with van der Waals surface area (Å²) in [4.78, 5) is 9.35. The van der Waals surface area contributed by atoms with Crippen LogP contribution in [0.3, 0.4) is 0 Å². The van der Waals surface area contributed by atoms with E-state index in [2.05, 4.69) is 10.4 Å². The van der Waals surface area contributed by atoms with Gasteiger partial charge in [0.05, 0.1) is 0 Å². The van der Waals surface area contributed by atoms with Gasteiger partial charge in [-0.05, 0) is 45.4 Å². The summed E-state index contributed by atoms with van der Waals surface area (Å²) in [5.41, 5.74) is 3.49. The molecule has 2 aliphatic carbocycles. The van der Waals surface area contributed by atoms with Crippen LogP contribution in [0.1, 0.15) is 62.9 Å². The second-order valence-electron chi connectivity index (χ2n) is 5.55. The van der Waals surface area contributed by atoms with Crippen molar-refractivity contribution >= 4 is 5.82 Å². The first-order valence-electron chi connectivity index (χ1n) is 7.27. The van der Waals surface area contributed by atoms with Crippen molar-refractivity contribution in [1.82, 2.24) is 9.97 Å². The Hall–Kier alpha value is -1.20. The van der Waals surface area contributed by atoms with Crippen LogP contribution in [-0.4, -0.2) is 16.6 Å². The molecule has 2 saturated carbocycles. The van der Waals surface area contributed by atoms with Crippen molar-refractivity contribution in [2.24, 2.45) is 5.84 Å². The Labute approximate surface area is 113 Å². The number of anilines is 1. The zero-order valence-electron chi connectivity index (χ0n) is 11.5. The zero-order valence-corrected chi connectivity index (χ0v) is 11.5. The van der Waals surface area contributed by atoms with Gasteiger partial charge in [-0.3, -0.25) is 0 Å². The van der Waals surface area contributed by atoms with E-state index in [1.807, 2.05) is 13.0 Å². The van der Waals surface area contributed by atoms with Gasteiger partial charge in [-0.15, -0.1) is 0 Å². The minimum Gasteiger partial charge on any atom is -0.367 e. The van der Waals surface area contributed by atoms with Crippen molar-refractivity contribution in [3.05, 3.63) is 17.6 Å². The van der Waals surface area contributed by atoms with Crippen LogP contribution in [0.15, 0.2) is 6.07 Å². The van der Waals surface area contributed by atoms with Crippen LogP contribution in [-0.2, 0) is 10.3 Å². The highest BCUT2D eigenvalue weighted by atomic mass is 16.5. The van der Waals surface area contributed by atoms with Crippen molar-refractivity contribution in [3.63, 3.8) is 0 Å². The van der Waals surface area contributed by atoms with Gasteiger partial charge >= 0.3 is 0 Å². The minimum absolute atomic E-state index is 0.286. The molecule has 0 radical (unpaired) electrons. The van der Waals surface area contributed by atoms with E-state index in [1.54, 1.807) is 0 Å². The average Bonchev–Trinajstić information content (AvgIpc) is 3.19. The first-order valence-corrected chi connectivity index (χ1v) is 7.27. The predicted molar refractivity (Wildman–Crippen MR) is 73.6 cm³/mol. The van der Waals surface area contributed by atoms with E-state index < -0.39 is 0 Å². The molecule has 5 heteroatoms. The van der Waals surface area contributed by atoms with E-state index in [1.165, 1.54) is 25.7 Å². The number of hydrogen-bond donors (Lipinski definition) is 2. The largest absolute Gasteiger partial charge is 0.367 e. The maximum atomic E-state index is 6.04. The molecule has 1 heterocycles. The molecular weight excluding hydrogens is 240 g/mol. The van der Waals surface area contributed by atoms with Crippen molar-refractivity contribution in [2.45, 2.75) is 57.0 Å². The summed E-state index contributed by atoms with van der Waals surface area (Å²) in [5.74, 6) is 7.66. The standard InChI is InChI=1S/C14H22N4O/c1-2-19-14(7-3-4-8-14)13-16-11(10-5-6-10)9-12(17-13)18-15/h9-10H,2-8,15H2,1H3,(H,16,17,18). The number of rotatable bonds is 5. The predicted octanol–water partition coefficient (Wildman–Crippen LogP) is 2.45. The van der Waals surface area contributed by atoms with Crippen LogP contribution in [0.5, 0.6) is 0 Å². The van der Waals surface area contributed by atoms with Gasteiger partial charge in [0.1, 0.15) is 11.4 Å². The molecule has 2 fully saturated rings. The van der Waals surface area contributed by atoms with E-state index >= 15 is 0 Å². The molecule has 3 N–H and O–H groups in total. The summed E-state index contributed by atoms with van der Waals surface area (Å²) in [5, 5.41) is 0. The molecule has 0 saturated heterocycles. The van der Waals surface area contributed by atoms with Gasteiger partial charge in [-0.2, -0.15) is 0 Å². The molecule has 1 aromatic rings. The molecule has 0 unspecified atom stereocenters. The number of hydrazine groups is 1. The Morgan fingerprint density at radius 1 is 1.37 bits per heavy atom. The first kappa shape index (κ1) is 12.8. The molecule has 0 aliphatic heterocycles. The van der Waals surface area contributed by atoms with E-state index in [0.29, 0.717) is 18.3 Å². The number of nitrogens with one attached hydrogen (secondary N) is 1. The normalized spacial score (nSPS) is 21.6. The topological polar surface area (TPSA) is 73.1 Å². The average molecular weight is 262 g/mol. The highest BCUT2D eigenvalue weighted by molar-refractivity contribution is 5.37. The second kappa shape index (κ2) is 5.06. The molecule has 19 heavy (non-hydrogen) atoms. The molecule has 104 valence electrons. The van der Waals surface area contributed by atoms with Crippen molar-refractivity contribution < 1.29 is 4.74 Å². The van der Waals surface area contributed by atoms with Crippen LogP contribution in [0.4, 0.5) is 5.82 Å². The quantitative estimate of drug-likeness (QED) is 0.630. The van der Waals surface area contributed by atoms with E-state index in [0.717, 1.165) is 24.4 Å². The van der Waals surface area contributed by atoms with Gasteiger partial charge in [-0.25, -0.2) is 15.8 Å². The lowest BCUT2D eigenvalue weighted by atomic mass is 10.0. The van der Waals surface area contributed by atoms with E-state index in [4.69, 9.17) is 15.6 Å². The summed E-state index contributed by atoms with van der Waals surface area (Å²) in [6, 6.07) is 1.97. The van der Waals surface area contributed by atoms with E-state index in [9.17, 15) is 0 Å². The van der Waals surface area contributed by atoms with Gasteiger partial charge in [0.25, 0.3) is 0 Å². The molecular formula is C14H22N4O. The van der Waals surface area contributed by atoms with Crippen LogP contribution in [0, 0.1) is 0 Å². The molecule has 1 aromatic heterocycles.